The molecule has 3 aromatic carbocycles. The van der Waals surface area contributed by atoms with Gasteiger partial charge in [-0.25, -0.2) is 4.79 Å². The number of thiophene rings is 1. The minimum absolute atomic E-state index is 0.0123. The molecule has 0 aliphatic carbocycles. The number of carboxylic acids is 1. The summed E-state index contributed by atoms with van der Waals surface area (Å²) in [7, 11) is 0. The highest BCUT2D eigenvalue weighted by Crippen LogP contribution is 2.41. The molecule has 0 aliphatic heterocycles. The second kappa shape index (κ2) is 8.00. The zero-order valence-electron chi connectivity index (χ0n) is 17.6. The average molecular weight is 430 g/mol. The van der Waals surface area contributed by atoms with Gasteiger partial charge in [0.2, 0.25) is 6.41 Å². The molecule has 1 aromatic heterocycles. The molecule has 0 spiro atoms. The van der Waals surface area contributed by atoms with Crippen molar-refractivity contribution in [2.45, 2.75) is 26.2 Å². The number of amides is 1. The highest BCUT2D eigenvalue weighted by Gasteiger charge is 2.25. The van der Waals surface area contributed by atoms with Crippen molar-refractivity contribution in [1.82, 2.24) is 0 Å². The summed E-state index contributed by atoms with van der Waals surface area (Å²) in [5, 5.41) is 14.3. The van der Waals surface area contributed by atoms with Crippen LogP contribution in [0.3, 0.4) is 0 Å². The number of benzene rings is 3. The second-order valence-electron chi connectivity index (χ2n) is 8.47. The van der Waals surface area contributed by atoms with E-state index in [4.69, 9.17) is 0 Å². The summed E-state index contributed by atoms with van der Waals surface area (Å²) in [5.74, 6) is -1.06. The molecule has 5 heteroatoms. The molecule has 1 N–H and O–H groups in total. The van der Waals surface area contributed by atoms with Crippen molar-refractivity contribution in [3.63, 3.8) is 0 Å². The molecule has 0 bridgehead atoms. The fourth-order valence-electron chi connectivity index (χ4n) is 3.65. The van der Waals surface area contributed by atoms with Crippen LogP contribution in [0.25, 0.3) is 21.9 Å². The van der Waals surface area contributed by atoms with Gasteiger partial charge in [0.15, 0.2) is 0 Å². The predicted molar refractivity (Wildman–Crippen MR) is 128 cm³/mol. The van der Waals surface area contributed by atoms with Crippen molar-refractivity contribution >= 4 is 45.2 Å². The van der Waals surface area contributed by atoms with Crippen LogP contribution in [0.15, 0.2) is 72.1 Å². The smallest absolute Gasteiger partial charge is 0.339 e. The Morgan fingerprint density at radius 3 is 2.26 bits per heavy atom. The number of nitrogens with zero attached hydrogens (tertiary/aromatic N) is 1. The van der Waals surface area contributed by atoms with Gasteiger partial charge in [-0.05, 0) is 39.4 Å². The molecule has 0 unspecified atom stereocenters. The molecule has 0 atom stereocenters. The van der Waals surface area contributed by atoms with Crippen LogP contribution in [-0.4, -0.2) is 17.5 Å². The van der Waals surface area contributed by atoms with Gasteiger partial charge < -0.3 is 5.11 Å². The van der Waals surface area contributed by atoms with Gasteiger partial charge in [0.1, 0.15) is 10.6 Å². The molecule has 1 heterocycles. The van der Waals surface area contributed by atoms with E-state index in [1.54, 1.807) is 0 Å². The van der Waals surface area contributed by atoms with Crippen LogP contribution in [0.2, 0.25) is 0 Å². The SMILES string of the molecule is CC(C)(C)c1ccc(-c2csc(N(C=O)c3ccc4ccccc4c3)c2C(=O)O)cc1. The van der Waals surface area contributed by atoms with Gasteiger partial charge in [-0.2, -0.15) is 0 Å². The van der Waals surface area contributed by atoms with Gasteiger partial charge in [-0.1, -0.05) is 75.4 Å². The van der Waals surface area contributed by atoms with Crippen LogP contribution < -0.4 is 4.90 Å². The lowest BCUT2D eigenvalue weighted by atomic mass is 9.86. The van der Waals surface area contributed by atoms with Crippen molar-refractivity contribution in [3.05, 3.63) is 83.2 Å². The third-order valence-electron chi connectivity index (χ3n) is 5.38. The number of rotatable bonds is 5. The topological polar surface area (TPSA) is 57.6 Å². The van der Waals surface area contributed by atoms with Crippen LogP contribution in [-0.2, 0) is 10.2 Å². The largest absolute Gasteiger partial charge is 0.478 e. The molecule has 0 radical (unpaired) electrons. The Balaban J connectivity index is 1.80. The predicted octanol–water partition coefficient (Wildman–Crippen LogP) is 6.86. The Morgan fingerprint density at radius 1 is 0.968 bits per heavy atom. The summed E-state index contributed by atoms with van der Waals surface area (Å²) < 4.78 is 0. The molecular formula is C26H23NO3S. The average Bonchev–Trinajstić information content (AvgIpc) is 3.19. The Labute approximate surface area is 185 Å². The van der Waals surface area contributed by atoms with Gasteiger partial charge in [-0.15, -0.1) is 11.3 Å². The Bertz CT molecular complexity index is 1270. The first-order valence-corrected chi connectivity index (χ1v) is 10.9. The molecule has 0 saturated heterocycles. The Kier molecular flexibility index (Phi) is 5.38. The summed E-state index contributed by atoms with van der Waals surface area (Å²) in [6.45, 7) is 6.41. The third-order valence-corrected chi connectivity index (χ3v) is 6.36. The fraction of sp³-hybridized carbons (Fsp3) is 0.154. The quantitative estimate of drug-likeness (QED) is 0.353. The van der Waals surface area contributed by atoms with E-state index in [0.29, 0.717) is 22.7 Å². The van der Waals surface area contributed by atoms with Crippen molar-refractivity contribution in [2.75, 3.05) is 4.90 Å². The summed E-state index contributed by atoms with van der Waals surface area (Å²) in [4.78, 5) is 25.7. The van der Waals surface area contributed by atoms with Crippen LogP contribution >= 0.6 is 11.3 Å². The Morgan fingerprint density at radius 2 is 1.65 bits per heavy atom. The summed E-state index contributed by atoms with van der Waals surface area (Å²) in [6.07, 6.45) is 0.675. The number of hydrogen-bond acceptors (Lipinski definition) is 3. The maximum absolute atomic E-state index is 12.2. The van der Waals surface area contributed by atoms with Gasteiger partial charge >= 0.3 is 5.97 Å². The number of hydrogen-bond donors (Lipinski definition) is 1. The van der Waals surface area contributed by atoms with E-state index in [1.807, 2.05) is 72.1 Å². The number of anilines is 2. The molecule has 156 valence electrons. The minimum Gasteiger partial charge on any atom is -0.478 e. The monoisotopic (exact) mass is 429 g/mol. The van der Waals surface area contributed by atoms with E-state index < -0.39 is 5.97 Å². The van der Waals surface area contributed by atoms with Gasteiger partial charge in [-0.3, -0.25) is 9.69 Å². The fourth-order valence-corrected chi connectivity index (χ4v) is 4.71. The van der Waals surface area contributed by atoms with E-state index in [-0.39, 0.29) is 11.0 Å². The van der Waals surface area contributed by atoms with Crippen LogP contribution in [0.5, 0.6) is 0 Å². The van der Waals surface area contributed by atoms with Crippen molar-refractivity contribution in [2.24, 2.45) is 0 Å². The number of carbonyl (C=O) groups is 2. The standard InChI is InChI=1S/C26H23NO3S/c1-26(2,3)20-11-8-18(9-12-20)22-15-31-24(23(22)25(29)30)27(16-28)21-13-10-17-6-4-5-7-19(17)14-21/h4-16H,1-3H3,(H,29,30). The molecule has 0 aliphatic rings. The van der Waals surface area contributed by atoms with E-state index in [1.165, 1.54) is 21.8 Å². The Hall–Kier alpha value is -3.44. The van der Waals surface area contributed by atoms with Gasteiger partial charge in [0.25, 0.3) is 0 Å². The van der Waals surface area contributed by atoms with Crippen LogP contribution in [0.1, 0.15) is 36.7 Å². The van der Waals surface area contributed by atoms with Gasteiger partial charge in [0, 0.05) is 10.9 Å². The lowest BCUT2D eigenvalue weighted by Crippen LogP contribution is -2.16. The van der Waals surface area contributed by atoms with Crippen molar-refractivity contribution in [1.29, 1.82) is 0 Å². The molecule has 4 aromatic rings. The lowest BCUT2D eigenvalue weighted by molar-refractivity contribution is -0.106. The molecule has 4 rings (SSSR count). The lowest BCUT2D eigenvalue weighted by Gasteiger charge is -2.19. The number of aromatic carboxylic acids is 1. The summed E-state index contributed by atoms with van der Waals surface area (Å²) >= 11 is 1.26. The van der Waals surface area contributed by atoms with E-state index in [9.17, 15) is 14.7 Å². The zero-order valence-corrected chi connectivity index (χ0v) is 18.4. The summed E-state index contributed by atoms with van der Waals surface area (Å²) in [6, 6.07) is 21.5. The third kappa shape index (κ3) is 3.97. The van der Waals surface area contributed by atoms with Crippen molar-refractivity contribution < 1.29 is 14.7 Å². The van der Waals surface area contributed by atoms with Crippen LogP contribution in [0.4, 0.5) is 10.7 Å². The molecule has 0 saturated carbocycles. The maximum Gasteiger partial charge on any atom is 0.339 e. The normalized spacial score (nSPS) is 11.5. The first-order chi connectivity index (χ1) is 14.8. The molecular weight excluding hydrogens is 406 g/mol. The zero-order chi connectivity index (χ0) is 22.2. The van der Waals surface area contributed by atoms with Crippen LogP contribution in [0, 0.1) is 0 Å². The first-order valence-electron chi connectivity index (χ1n) is 9.98. The van der Waals surface area contributed by atoms with E-state index >= 15 is 0 Å². The number of carbonyl (C=O) groups excluding carboxylic acids is 1. The van der Waals surface area contributed by atoms with Gasteiger partial charge in [0.05, 0.1) is 5.69 Å². The minimum atomic E-state index is -1.06. The molecule has 31 heavy (non-hydrogen) atoms. The summed E-state index contributed by atoms with van der Waals surface area (Å²) in [5.41, 5.74) is 3.38. The van der Waals surface area contributed by atoms with E-state index in [0.717, 1.165) is 16.3 Å². The number of carboxylic acid groups (broad SMARTS) is 1. The molecule has 0 fully saturated rings. The second-order valence-corrected chi connectivity index (χ2v) is 9.33. The highest BCUT2D eigenvalue weighted by molar-refractivity contribution is 7.15. The molecule has 4 nitrogen and oxygen atoms in total. The highest BCUT2D eigenvalue weighted by atomic mass is 32.1. The maximum atomic E-state index is 12.2. The number of fused-ring (bicyclic) bond motifs is 1. The molecule has 1 amide bonds. The van der Waals surface area contributed by atoms with E-state index in [2.05, 4.69) is 20.8 Å². The van der Waals surface area contributed by atoms with Crippen molar-refractivity contribution in [3.8, 4) is 11.1 Å². The first kappa shape index (κ1) is 20.8.